The third kappa shape index (κ3) is 3.95. The van der Waals surface area contributed by atoms with Gasteiger partial charge in [-0.3, -0.25) is 4.79 Å². The first-order chi connectivity index (χ1) is 15.1. The average molecular weight is 417 g/mol. The topological polar surface area (TPSA) is 50.0 Å². The van der Waals surface area contributed by atoms with Crippen LogP contribution in [-0.2, 0) is 11.2 Å². The number of rotatable bonds is 5. The summed E-state index contributed by atoms with van der Waals surface area (Å²) in [5, 5.41) is 1.19. The fraction of sp³-hybridized carbons (Fsp3) is 0.320. The number of benzene rings is 2. The van der Waals surface area contributed by atoms with Gasteiger partial charge in [0.05, 0.1) is 0 Å². The molecular weight excluding hydrogens is 391 g/mol. The molecule has 158 valence electrons. The van der Waals surface area contributed by atoms with Crippen molar-refractivity contribution >= 4 is 28.9 Å². The van der Waals surface area contributed by atoms with E-state index in [1.807, 2.05) is 18.2 Å². The smallest absolute Gasteiger partial charge is 0.297 e. The van der Waals surface area contributed by atoms with E-state index in [1.165, 1.54) is 35.1 Å². The van der Waals surface area contributed by atoms with Gasteiger partial charge in [0.15, 0.2) is 0 Å². The first-order valence-electron chi connectivity index (χ1n) is 10.8. The third-order valence-corrected chi connectivity index (χ3v) is 6.42. The van der Waals surface area contributed by atoms with Crippen LogP contribution in [0.1, 0.15) is 35.7 Å². The molecule has 6 heteroatoms. The van der Waals surface area contributed by atoms with E-state index in [-0.39, 0.29) is 11.7 Å². The second kappa shape index (κ2) is 8.19. The molecule has 2 aliphatic rings. The summed E-state index contributed by atoms with van der Waals surface area (Å²) in [7, 11) is 0. The first-order valence-corrected chi connectivity index (χ1v) is 10.8. The molecule has 1 saturated heterocycles. The fourth-order valence-electron chi connectivity index (χ4n) is 4.78. The van der Waals surface area contributed by atoms with Crippen LogP contribution >= 0.6 is 0 Å². The Bertz CT molecular complexity index is 1180. The molecule has 0 atom stereocenters. The second-order valence-corrected chi connectivity index (χ2v) is 8.41. The number of aromatic nitrogens is 1. The van der Waals surface area contributed by atoms with Crippen LogP contribution in [-0.4, -0.2) is 47.1 Å². The normalized spacial score (nSPS) is 17.6. The molecule has 2 aliphatic heterocycles. The average Bonchev–Trinajstić information content (AvgIpc) is 3.35. The van der Waals surface area contributed by atoms with Crippen LogP contribution in [0.3, 0.4) is 0 Å². The Morgan fingerprint density at radius 3 is 2.55 bits per heavy atom. The molecule has 3 aromatic rings. The van der Waals surface area contributed by atoms with Crippen LogP contribution in [0.5, 0.6) is 0 Å². The maximum Gasteiger partial charge on any atom is 0.297 e. The molecule has 1 fully saturated rings. The van der Waals surface area contributed by atoms with Gasteiger partial charge in [0.25, 0.3) is 5.91 Å². The summed E-state index contributed by atoms with van der Waals surface area (Å²) in [6.07, 6.45) is 4.44. The number of carbonyl (C=O) groups excluding carboxylic acids is 1. The van der Waals surface area contributed by atoms with Gasteiger partial charge in [-0.25, -0.2) is 9.38 Å². The minimum atomic E-state index is -0.274. The molecule has 3 heterocycles. The van der Waals surface area contributed by atoms with Crippen LogP contribution in [0.2, 0.25) is 0 Å². The van der Waals surface area contributed by atoms with Crippen molar-refractivity contribution in [1.29, 1.82) is 0 Å². The van der Waals surface area contributed by atoms with Crippen molar-refractivity contribution in [2.24, 2.45) is 9.98 Å². The highest BCUT2D eigenvalue weighted by Crippen LogP contribution is 2.31. The van der Waals surface area contributed by atoms with E-state index in [2.05, 4.69) is 44.6 Å². The second-order valence-electron chi connectivity index (χ2n) is 8.41. The van der Waals surface area contributed by atoms with E-state index < -0.39 is 0 Å². The van der Waals surface area contributed by atoms with Gasteiger partial charge in [0, 0.05) is 42.5 Å². The summed E-state index contributed by atoms with van der Waals surface area (Å²) in [4.78, 5) is 22.3. The standard InChI is InChI=1S/C25H25FN4O/c1-17-14-19-4-5-20(24-25(31)28-16-27-24)15-23(19)30(17)22-9-12-29(13-10-22)11-8-18-2-6-21(26)7-3-18/h2-7,14-16,22H,8-13H2,1H3. The van der Waals surface area contributed by atoms with Crippen LogP contribution in [0.15, 0.2) is 58.5 Å². The van der Waals surface area contributed by atoms with Crippen LogP contribution in [0, 0.1) is 12.7 Å². The van der Waals surface area contributed by atoms with Gasteiger partial charge < -0.3 is 9.47 Å². The molecule has 5 rings (SSSR count). The number of carbonyl (C=O) groups is 1. The summed E-state index contributed by atoms with van der Waals surface area (Å²) in [5.74, 6) is -0.456. The molecule has 0 spiro atoms. The summed E-state index contributed by atoms with van der Waals surface area (Å²) < 4.78 is 15.5. The molecular formula is C25H25FN4O. The Hall–Kier alpha value is -3.12. The quantitative estimate of drug-likeness (QED) is 0.622. The highest BCUT2D eigenvalue weighted by molar-refractivity contribution is 6.49. The van der Waals surface area contributed by atoms with Crippen molar-refractivity contribution in [2.75, 3.05) is 19.6 Å². The number of hydrogen-bond donors (Lipinski definition) is 0. The number of amides is 1. The Morgan fingerprint density at radius 1 is 1.06 bits per heavy atom. The van der Waals surface area contributed by atoms with Gasteiger partial charge in [-0.05, 0) is 61.4 Å². The minimum Gasteiger partial charge on any atom is -0.342 e. The Labute approximate surface area is 180 Å². The van der Waals surface area contributed by atoms with E-state index in [1.54, 1.807) is 0 Å². The number of piperidine rings is 1. The fourth-order valence-corrected chi connectivity index (χ4v) is 4.78. The van der Waals surface area contributed by atoms with E-state index in [4.69, 9.17) is 0 Å². The lowest BCUT2D eigenvalue weighted by Gasteiger charge is -2.34. The number of aryl methyl sites for hydroxylation is 1. The number of fused-ring (bicyclic) bond motifs is 1. The molecule has 0 saturated carbocycles. The molecule has 1 amide bonds. The molecule has 0 N–H and O–H groups in total. The number of likely N-dealkylation sites (tertiary alicyclic amines) is 1. The molecule has 2 aromatic carbocycles. The van der Waals surface area contributed by atoms with E-state index in [0.717, 1.165) is 50.0 Å². The zero-order chi connectivity index (χ0) is 21.4. The largest absolute Gasteiger partial charge is 0.342 e. The van der Waals surface area contributed by atoms with Crippen molar-refractivity contribution in [3.05, 3.63) is 71.2 Å². The highest BCUT2D eigenvalue weighted by Gasteiger charge is 2.24. The van der Waals surface area contributed by atoms with E-state index in [0.29, 0.717) is 11.8 Å². The Kier molecular flexibility index (Phi) is 5.24. The van der Waals surface area contributed by atoms with Crippen LogP contribution in [0.25, 0.3) is 10.9 Å². The number of halogens is 1. The van der Waals surface area contributed by atoms with Gasteiger partial charge in [-0.1, -0.05) is 24.3 Å². The molecule has 31 heavy (non-hydrogen) atoms. The number of nitrogens with zero attached hydrogens (tertiary/aromatic N) is 4. The summed E-state index contributed by atoms with van der Waals surface area (Å²) in [5.41, 5.74) is 4.82. The minimum absolute atomic E-state index is 0.182. The molecule has 1 aromatic heterocycles. The summed E-state index contributed by atoms with van der Waals surface area (Å²) in [6.45, 7) is 5.24. The lowest BCUT2D eigenvalue weighted by atomic mass is 10.0. The van der Waals surface area contributed by atoms with Gasteiger partial charge in [-0.15, -0.1) is 0 Å². The molecule has 0 unspecified atom stereocenters. The van der Waals surface area contributed by atoms with Crippen molar-refractivity contribution in [3.8, 4) is 0 Å². The van der Waals surface area contributed by atoms with Gasteiger partial charge in [0.2, 0.25) is 0 Å². The van der Waals surface area contributed by atoms with Crippen LogP contribution < -0.4 is 0 Å². The van der Waals surface area contributed by atoms with Gasteiger partial charge in [0.1, 0.15) is 17.9 Å². The monoisotopic (exact) mass is 416 g/mol. The zero-order valence-electron chi connectivity index (χ0n) is 17.6. The molecule has 0 aliphatic carbocycles. The Balaban J connectivity index is 1.29. The van der Waals surface area contributed by atoms with Gasteiger partial charge in [-0.2, -0.15) is 4.99 Å². The van der Waals surface area contributed by atoms with Crippen LogP contribution in [0.4, 0.5) is 4.39 Å². The first kappa shape index (κ1) is 19.8. The maximum absolute atomic E-state index is 13.1. The molecule has 5 nitrogen and oxygen atoms in total. The Morgan fingerprint density at radius 2 is 1.84 bits per heavy atom. The predicted molar refractivity (Wildman–Crippen MR) is 122 cm³/mol. The molecule has 0 bridgehead atoms. The zero-order valence-corrected chi connectivity index (χ0v) is 17.6. The highest BCUT2D eigenvalue weighted by atomic mass is 19.1. The van der Waals surface area contributed by atoms with E-state index in [9.17, 15) is 9.18 Å². The summed E-state index contributed by atoms with van der Waals surface area (Å²) >= 11 is 0. The van der Waals surface area contributed by atoms with Gasteiger partial charge >= 0.3 is 0 Å². The van der Waals surface area contributed by atoms with Crippen molar-refractivity contribution in [2.45, 2.75) is 32.2 Å². The summed E-state index contributed by atoms with van der Waals surface area (Å²) in [6, 6.07) is 15.6. The number of aliphatic imine (C=N–C) groups is 2. The van der Waals surface area contributed by atoms with Crippen molar-refractivity contribution < 1.29 is 9.18 Å². The lowest BCUT2D eigenvalue weighted by Crippen LogP contribution is -2.36. The maximum atomic E-state index is 13.1. The van der Waals surface area contributed by atoms with Crippen molar-refractivity contribution in [3.63, 3.8) is 0 Å². The predicted octanol–water partition coefficient (Wildman–Crippen LogP) is 4.33. The van der Waals surface area contributed by atoms with Crippen molar-refractivity contribution in [1.82, 2.24) is 9.47 Å². The molecule has 0 radical (unpaired) electrons. The SMILES string of the molecule is Cc1cc2ccc(C3=NC=NC3=O)cc2n1C1CCN(CCc2ccc(F)cc2)CC1. The third-order valence-electron chi connectivity index (χ3n) is 6.42. The number of hydrogen-bond acceptors (Lipinski definition) is 3. The lowest BCUT2D eigenvalue weighted by molar-refractivity contribution is -0.111. The van der Waals surface area contributed by atoms with E-state index >= 15 is 0 Å².